The molecule has 1 aromatic carbocycles. The Morgan fingerprint density at radius 2 is 2.05 bits per heavy atom. The molecule has 1 unspecified atom stereocenters. The van der Waals surface area contributed by atoms with Gasteiger partial charge in [0.2, 0.25) is 5.91 Å². The third-order valence-corrected chi connectivity index (χ3v) is 3.04. The van der Waals surface area contributed by atoms with Crippen LogP contribution >= 0.6 is 0 Å². The second-order valence-corrected chi connectivity index (χ2v) is 4.42. The summed E-state index contributed by atoms with van der Waals surface area (Å²) in [5.41, 5.74) is 6.30. The normalized spacial score (nSPS) is 16.8. The Morgan fingerprint density at radius 3 is 2.68 bits per heavy atom. The van der Waals surface area contributed by atoms with Gasteiger partial charge in [0.1, 0.15) is 0 Å². The summed E-state index contributed by atoms with van der Waals surface area (Å²) in [5, 5.41) is 2.63. The van der Waals surface area contributed by atoms with Crippen LogP contribution in [0.3, 0.4) is 0 Å². The van der Waals surface area contributed by atoms with Crippen molar-refractivity contribution < 1.29 is 18.0 Å². The second-order valence-electron chi connectivity index (χ2n) is 4.42. The van der Waals surface area contributed by atoms with E-state index in [0.717, 1.165) is 0 Å². The summed E-state index contributed by atoms with van der Waals surface area (Å²) in [6.07, 6.45) is -4.36. The molecule has 0 spiro atoms. The van der Waals surface area contributed by atoms with Crippen LogP contribution in [-0.4, -0.2) is 31.7 Å². The Labute approximate surface area is 108 Å². The van der Waals surface area contributed by atoms with Gasteiger partial charge in [-0.1, -0.05) is 12.1 Å². The molecule has 0 fully saturated rings. The topological polar surface area (TPSA) is 58.4 Å². The summed E-state index contributed by atoms with van der Waals surface area (Å²) in [5.74, 6) is -1.97. The van der Waals surface area contributed by atoms with E-state index >= 15 is 0 Å². The fourth-order valence-electron chi connectivity index (χ4n) is 2.04. The minimum absolute atomic E-state index is 0.0937. The molecule has 0 aromatic heterocycles. The highest BCUT2D eigenvalue weighted by Crippen LogP contribution is 2.32. The highest BCUT2D eigenvalue weighted by molar-refractivity contribution is 6.01. The molecule has 0 aliphatic carbocycles. The van der Waals surface area contributed by atoms with Crippen molar-refractivity contribution in [3.63, 3.8) is 0 Å². The van der Waals surface area contributed by atoms with Crippen molar-refractivity contribution >= 4 is 17.3 Å². The molecule has 1 aliphatic heterocycles. The van der Waals surface area contributed by atoms with Gasteiger partial charge in [0, 0.05) is 13.1 Å². The molecule has 4 nitrogen and oxygen atoms in total. The van der Waals surface area contributed by atoms with E-state index in [0.29, 0.717) is 11.4 Å². The third-order valence-electron chi connectivity index (χ3n) is 3.04. The molecule has 0 bridgehead atoms. The van der Waals surface area contributed by atoms with E-state index in [9.17, 15) is 18.0 Å². The maximum atomic E-state index is 12.7. The number of amides is 1. The molecular formula is C12H14F3N3O. The molecule has 1 heterocycles. The van der Waals surface area contributed by atoms with Crippen LogP contribution in [0.4, 0.5) is 24.5 Å². The molecule has 0 saturated heterocycles. The SMILES string of the molecule is NCC(CN1CC(=O)Nc2ccccc21)C(F)(F)F. The van der Waals surface area contributed by atoms with Gasteiger partial charge in [0.25, 0.3) is 0 Å². The molecule has 19 heavy (non-hydrogen) atoms. The lowest BCUT2D eigenvalue weighted by molar-refractivity contribution is -0.169. The zero-order valence-corrected chi connectivity index (χ0v) is 10.1. The van der Waals surface area contributed by atoms with Crippen LogP contribution in [0.15, 0.2) is 24.3 Å². The number of alkyl halides is 3. The zero-order chi connectivity index (χ0) is 14.0. The van der Waals surface area contributed by atoms with Crippen LogP contribution in [-0.2, 0) is 4.79 Å². The largest absolute Gasteiger partial charge is 0.394 e. The average molecular weight is 273 g/mol. The van der Waals surface area contributed by atoms with Crippen LogP contribution in [0.1, 0.15) is 0 Å². The number of para-hydroxylation sites is 2. The first-order valence-corrected chi connectivity index (χ1v) is 5.82. The summed E-state index contributed by atoms with van der Waals surface area (Å²) in [4.78, 5) is 12.9. The minimum Gasteiger partial charge on any atom is -0.360 e. The van der Waals surface area contributed by atoms with Crippen molar-refractivity contribution in [1.82, 2.24) is 0 Å². The van der Waals surface area contributed by atoms with E-state index in [4.69, 9.17) is 5.73 Å². The number of fused-ring (bicyclic) bond motifs is 1. The van der Waals surface area contributed by atoms with Crippen molar-refractivity contribution in [2.24, 2.45) is 11.7 Å². The van der Waals surface area contributed by atoms with Crippen LogP contribution in [0.5, 0.6) is 0 Å². The first-order valence-electron chi connectivity index (χ1n) is 5.82. The summed E-state index contributed by atoms with van der Waals surface area (Å²) in [7, 11) is 0. The van der Waals surface area contributed by atoms with Gasteiger partial charge in [-0.05, 0) is 12.1 Å². The standard InChI is InChI=1S/C12H14F3N3O/c13-12(14,15)8(5-16)6-18-7-11(19)17-9-3-1-2-4-10(9)18/h1-4,8H,5-7,16H2,(H,17,19). The monoisotopic (exact) mass is 273 g/mol. The zero-order valence-electron chi connectivity index (χ0n) is 10.1. The van der Waals surface area contributed by atoms with Gasteiger partial charge in [-0.3, -0.25) is 4.79 Å². The number of carbonyl (C=O) groups is 1. The quantitative estimate of drug-likeness (QED) is 0.879. The Hall–Kier alpha value is -1.76. The number of hydrogen-bond acceptors (Lipinski definition) is 3. The maximum absolute atomic E-state index is 12.7. The molecule has 3 N–H and O–H groups in total. The van der Waals surface area contributed by atoms with E-state index in [1.165, 1.54) is 4.90 Å². The lowest BCUT2D eigenvalue weighted by Gasteiger charge is -2.33. The van der Waals surface area contributed by atoms with E-state index in [2.05, 4.69) is 5.32 Å². The molecule has 104 valence electrons. The molecule has 7 heteroatoms. The Balaban J connectivity index is 2.23. The number of hydrogen-bond donors (Lipinski definition) is 2. The Morgan fingerprint density at radius 1 is 1.37 bits per heavy atom. The Kier molecular flexibility index (Phi) is 3.66. The van der Waals surface area contributed by atoms with Crippen LogP contribution in [0.2, 0.25) is 0 Å². The highest BCUT2D eigenvalue weighted by atomic mass is 19.4. The van der Waals surface area contributed by atoms with Gasteiger partial charge < -0.3 is 16.0 Å². The van der Waals surface area contributed by atoms with Gasteiger partial charge >= 0.3 is 6.18 Å². The molecule has 2 rings (SSSR count). The molecule has 0 radical (unpaired) electrons. The molecule has 1 aromatic rings. The fraction of sp³-hybridized carbons (Fsp3) is 0.417. The fourth-order valence-corrected chi connectivity index (χ4v) is 2.04. The van der Waals surface area contributed by atoms with Crippen LogP contribution in [0.25, 0.3) is 0 Å². The maximum Gasteiger partial charge on any atom is 0.394 e. The van der Waals surface area contributed by atoms with Crippen molar-refractivity contribution in [2.75, 3.05) is 29.9 Å². The van der Waals surface area contributed by atoms with E-state index in [-0.39, 0.29) is 19.0 Å². The van der Waals surface area contributed by atoms with E-state index in [1.54, 1.807) is 24.3 Å². The minimum atomic E-state index is -4.36. The smallest absolute Gasteiger partial charge is 0.360 e. The number of halogens is 3. The lowest BCUT2D eigenvalue weighted by atomic mass is 10.1. The van der Waals surface area contributed by atoms with Crippen molar-refractivity contribution in [1.29, 1.82) is 0 Å². The number of nitrogens with two attached hydrogens (primary N) is 1. The van der Waals surface area contributed by atoms with Crippen molar-refractivity contribution in [3.05, 3.63) is 24.3 Å². The molecular weight excluding hydrogens is 259 g/mol. The summed E-state index contributed by atoms with van der Waals surface area (Å²) in [6, 6.07) is 6.77. The summed E-state index contributed by atoms with van der Waals surface area (Å²) in [6.45, 7) is -0.905. The second kappa shape index (κ2) is 5.08. The van der Waals surface area contributed by atoms with E-state index in [1.807, 2.05) is 0 Å². The number of benzene rings is 1. The van der Waals surface area contributed by atoms with Crippen molar-refractivity contribution in [3.8, 4) is 0 Å². The van der Waals surface area contributed by atoms with Gasteiger partial charge in [0.15, 0.2) is 0 Å². The van der Waals surface area contributed by atoms with Gasteiger partial charge in [-0.25, -0.2) is 0 Å². The van der Waals surface area contributed by atoms with Crippen molar-refractivity contribution in [2.45, 2.75) is 6.18 Å². The number of nitrogens with one attached hydrogen (secondary N) is 1. The first kappa shape index (κ1) is 13.7. The van der Waals surface area contributed by atoms with Crippen LogP contribution in [0, 0.1) is 5.92 Å². The predicted molar refractivity (Wildman–Crippen MR) is 65.9 cm³/mol. The Bertz CT molecular complexity index is 476. The van der Waals surface area contributed by atoms with Crippen LogP contribution < -0.4 is 16.0 Å². The van der Waals surface area contributed by atoms with Gasteiger partial charge in [0.05, 0.1) is 23.8 Å². The molecule has 1 amide bonds. The molecule has 1 aliphatic rings. The molecule has 0 saturated carbocycles. The third kappa shape index (κ3) is 2.98. The summed E-state index contributed by atoms with van der Waals surface area (Å²) >= 11 is 0. The number of anilines is 2. The number of rotatable bonds is 3. The summed E-state index contributed by atoms with van der Waals surface area (Å²) < 4.78 is 38.2. The first-order chi connectivity index (χ1) is 8.91. The van der Waals surface area contributed by atoms with Gasteiger partial charge in [-0.15, -0.1) is 0 Å². The molecule has 1 atom stereocenters. The van der Waals surface area contributed by atoms with E-state index < -0.39 is 18.6 Å². The lowest BCUT2D eigenvalue weighted by Crippen LogP contribution is -2.46. The number of carbonyl (C=O) groups excluding carboxylic acids is 1. The number of nitrogens with zero attached hydrogens (tertiary/aromatic N) is 1. The highest BCUT2D eigenvalue weighted by Gasteiger charge is 2.40. The average Bonchev–Trinajstić information content (AvgIpc) is 2.34. The van der Waals surface area contributed by atoms with Gasteiger partial charge in [-0.2, -0.15) is 13.2 Å². The predicted octanol–water partition coefficient (Wildman–Crippen LogP) is 1.58.